The van der Waals surface area contributed by atoms with Gasteiger partial charge in [-0.2, -0.15) is 0 Å². The summed E-state index contributed by atoms with van der Waals surface area (Å²) in [5.41, 5.74) is 0.845. The molecule has 0 aliphatic carbocycles. The second kappa shape index (κ2) is 7.70. The fourth-order valence-corrected chi connectivity index (χ4v) is 1.84. The molecular formula is C14H20N2O5. The predicted molar refractivity (Wildman–Crippen MR) is 75.5 cm³/mol. The molecule has 0 saturated carbocycles. The van der Waals surface area contributed by atoms with Crippen molar-refractivity contribution in [3.63, 3.8) is 0 Å². The van der Waals surface area contributed by atoms with Crippen LogP contribution in [0, 0.1) is 6.92 Å². The van der Waals surface area contributed by atoms with Gasteiger partial charge in [-0.3, -0.25) is 9.59 Å². The van der Waals surface area contributed by atoms with Crippen molar-refractivity contribution in [3.05, 3.63) is 23.4 Å². The number of aliphatic hydroxyl groups excluding tert-OH is 2. The lowest BCUT2D eigenvalue weighted by Crippen LogP contribution is -2.24. The maximum Gasteiger partial charge on any atom is 0.308 e. The number of anilines is 1. The third-order valence-corrected chi connectivity index (χ3v) is 2.80. The minimum atomic E-state index is -1.28. The van der Waals surface area contributed by atoms with E-state index in [1.54, 1.807) is 19.9 Å². The number of esters is 1. The zero-order valence-corrected chi connectivity index (χ0v) is 12.3. The van der Waals surface area contributed by atoms with E-state index in [1.807, 2.05) is 0 Å². The van der Waals surface area contributed by atoms with E-state index in [4.69, 9.17) is 4.74 Å². The smallest absolute Gasteiger partial charge is 0.308 e. The van der Waals surface area contributed by atoms with Crippen LogP contribution >= 0.6 is 0 Å². The molecule has 0 aromatic carbocycles. The van der Waals surface area contributed by atoms with Crippen LogP contribution in [0.1, 0.15) is 37.6 Å². The molecule has 0 aliphatic heterocycles. The summed E-state index contributed by atoms with van der Waals surface area (Å²) in [6.45, 7) is 4.88. The maximum absolute atomic E-state index is 11.3. The topological polar surface area (TPSA) is 109 Å². The second-order valence-electron chi connectivity index (χ2n) is 4.57. The quantitative estimate of drug-likeness (QED) is 0.667. The van der Waals surface area contributed by atoms with Crippen LogP contribution in [0.4, 0.5) is 5.82 Å². The average Bonchev–Trinajstić information content (AvgIpc) is 2.37. The van der Waals surface area contributed by atoms with Crippen molar-refractivity contribution in [2.24, 2.45) is 0 Å². The molecule has 7 nitrogen and oxygen atoms in total. The number of ether oxygens (including phenoxy) is 1. The summed E-state index contributed by atoms with van der Waals surface area (Å²) in [5, 5.41) is 22.5. The first-order chi connectivity index (χ1) is 9.85. The van der Waals surface area contributed by atoms with Crippen LogP contribution < -0.4 is 5.32 Å². The number of aromatic nitrogens is 1. The number of aryl methyl sites for hydroxylation is 1. The largest absolute Gasteiger partial charge is 0.466 e. The highest BCUT2D eigenvalue weighted by Crippen LogP contribution is 2.23. The third kappa shape index (κ3) is 5.13. The Labute approximate surface area is 123 Å². The van der Waals surface area contributed by atoms with E-state index in [0.717, 1.165) is 0 Å². The Kier molecular flexibility index (Phi) is 6.26. The van der Waals surface area contributed by atoms with Crippen molar-refractivity contribution in [3.8, 4) is 0 Å². The molecule has 3 N–H and O–H groups in total. The van der Waals surface area contributed by atoms with Crippen LogP contribution in [-0.4, -0.2) is 39.8 Å². The number of rotatable bonds is 6. The minimum Gasteiger partial charge on any atom is -0.466 e. The van der Waals surface area contributed by atoms with Gasteiger partial charge in [0.25, 0.3) is 0 Å². The number of carbonyl (C=O) groups excluding carboxylic acids is 2. The van der Waals surface area contributed by atoms with E-state index in [9.17, 15) is 19.8 Å². The van der Waals surface area contributed by atoms with Crippen molar-refractivity contribution in [1.29, 1.82) is 0 Å². The summed E-state index contributed by atoms with van der Waals surface area (Å²) in [5.74, 6) is -0.474. The molecule has 0 bridgehead atoms. The molecule has 1 rings (SSSR count). The summed E-state index contributed by atoms with van der Waals surface area (Å²) in [7, 11) is 0. The van der Waals surface area contributed by atoms with Gasteiger partial charge in [-0.25, -0.2) is 4.98 Å². The van der Waals surface area contributed by atoms with Crippen LogP contribution in [0.15, 0.2) is 12.1 Å². The first kappa shape index (κ1) is 17.1. The number of carbonyl (C=O) groups is 2. The van der Waals surface area contributed by atoms with Crippen LogP contribution in [0.5, 0.6) is 0 Å². The first-order valence-electron chi connectivity index (χ1n) is 6.62. The number of nitrogens with zero attached hydrogens (tertiary/aromatic N) is 1. The van der Waals surface area contributed by atoms with E-state index in [0.29, 0.717) is 17.1 Å². The fourth-order valence-electron chi connectivity index (χ4n) is 1.84. The van der Waals surface area contributed by atoms with E-state index in [1.165, 1.54) is 13.0 Å². The SMILES string of the molecule is CCOC(=O)CC(O)C(O)c1ccc(NC(C)=O)nc1C. The lowest BCUT2D eigenvalue weighted by molar-refractivity contribution is -0.147. The van der Waals surface area contributed by atoms with Crippen molar-refractivity contribution >= 4 is 17.7 Å². The monoisotopic (exact) mass is 296 g/mol. The van der Waals surface area contributed by atoms with Crippen molar-refractivity contribution in [1.82, 2.24) is 4.98 Å². The number of amides is 1. The van der Waals surface area contributed by atoms with E-state index < -0.39 is 18.2 Å². The number of pyridine rings is 1. The molecule has 0 spiro atoms. The summed E-state index contributed by atoms with van der Waals surface area (Å²) >= 11 is 0. The Hall–Kier alpha value is -1.99. The molecule has 2 unspecified atom stereocenters. The number of nitrogens with one attached hydrogen (secondary N) is 1. The zero-order valence-electron chi connectivity index (χ0n) is 12.3. The van der Waals surface area contributed by atoms with E-state index in [2.05, 4.69) is 10.3 Å². The number of aliphatic hydroxyl groups is 2. The summed E-state index contributed by atoms with van der Waals surface area (Å²) in [6.07, 6.45) is -2.84. The highest BCUT2D eigenvalue weighted by molar-refractivity contribution is 5.87. The molecule has 0 fully saturated rings. The van der Waals surface area contributed by atoms with Crippen LogP contribution in [0.2, 0.25) is 0 Å². The molecule has 116 valence electrons. The maximum atomic E-state index is 11.3. The first-order valence-corrected chi connectivity index (χ1v) is 6.62. The Bertz CT molecular complexity index is 518. The summed E-state index contributed by atoms with van der Waals surface area (Å²) < 4.78 is 4.72. The van der Waals surface area contributed by atoms with Gasteiger partial charge in [-0.15, -0.1) is 0 Å². The van der Waals surface area contributed by atoms with Gasteiger partial charge in [-0.05, 0) is 19.9 Å². The van der Waals surface area contributed by atoms with Crippen LogP contribution in [0.25, 0.3) is 0 Å². The van der Waals surface area contributed by atoms with Gasteiger partial charge in [0.1, 0.15) is 11.9 Å². The fraction of sp³-hybridized carbons (Fsp3) is 0.500. The Morgan fingerprint density at radius 3 is 2.57 bits per heavy atom. The normalized spacial score (nSPS) is 13.4. The molecule has 1 aromatic rings. The number of hydrogen-bond acceptors (Lipinski definition) is 6. The molecular weight excluding hydrogens is 276 g/mol. The molecule has 1 amide bonds. The van der Waals surface area contributed by atoms with E-state index >= 15 is 0 Å². The molecule has 0 aliphatic rings. The standard InChI is InChI=1S/C14H20N2O5/c1-4-21-13(19)7-11(18)14(20)10-5-6-12(15-8(10)2)16-9(3)17/h5-6,11,14,18,20H,4,7H2,1-3H3,(H,15,16,17). The average molecular weight is 296 g/mol. The van der Waals surface area contributed by atoms with Crippen molar-refractivity contribution < 1.29 is 24.5 Å². The van der Waals surface area contributed by atoms with Gasteiger partial charge in [-0.1, -0.05) is 6.07 Å². The molecule has 0 saturated heterocycles. The minimum absolute atomic E-state index is 0.216. The van der Waals surface area contributed by atoms with Crippen LogP contribution in [-0.2, 0) is 14.3 Å². The molecule has 7 heteroatoms. The predicted octanol–water partition coefficient (Wildman–Crippen LogP) is 0.696. The van der Waals surface area contributed by atoms with Crippen LogP contribution in [0.3, 0.4) is 0 Å². The lowest BCUT2D eigenvalue weighted by Gasteiger charge is -2.19. The van der Waals surface area contributed by atoms with Gasteiger partial charge in [0.2, 0.25) is 5.91 Å². The molecule has 0 radical (unpaired) electrons. The molecule has 21 heavy (non-hydrogen) atoms. The van der Waals surface area contributed by atoms with Gasteiger partial charge in [0.05, 0.1) is 19.1 Å². The zero-order chi connectivity index (χ0) is 16.0. The lowest BCUT2D eigenvalue weighted by atomic mass is 10.0. The van der Waals surface area contributed by atoms with Gasteiger partial charge in [0, 0.05) is 18.2 Å². The van der Waals surface area contributed by atoms with Crippen molar-refractivity contribution in [2.45, 2.75) is 39.4 Å². The van der Waals surface area contributed by atoms with Gasteiger partial charge in [0.15, 0.2) is 0 Å². The third-order valence-electron chi connectivity index (χ3n) is 2.80. The highest BCUT2D eigenvalue weighted by Gasteiger charge is 2.24. The number of hydrogen-bond donors (Lipinski definition) is 3. The molecule has 2 atom stereocenters. The van der Waals surface area contributed by atoms with E-state index in [-0.39, 0.29) is 18.9 Å². The summed E-state index contributed by atoms with van der Waals surface area (Å²) in [4.78, 5) is 26.3. The summed E-state index contributed by atoms with van der Waals surface area (Å²) in [6, 6.07) is 3.07. The molecule has 1 heterocycles. The Balaban J connectivity index is 2.79. The van der Waals surface area contributed by atoms with Gasteiger partial charge < -0.3 is 20.3 Å². The Morgan fingerprint density at radius 2 is 2.05 bits per heavy atom. The van der Waals surface area contributed by atoms with Crippen molar-refractivity contribution in [2.75, 3.05) is 11.9 Å². The Morgan fingerprint density at radius 1 is 1.38 bits per heavy atom. The molecule has 1 aromatic heterocycles. The van der Waals surface area contributed by atoms with Gasteiger partial charge >= 0.3 is 5.97 Å². The second-order valence-corrected chi connectivity index (χ2v) is 4.57. The highest BCUT2D eigenvalue weighted by atomic mass is 16.5.